The molecule has 18 heavy (non-hydrogen) atoms. The molecular weight excluding hydrogens is 264 g/mol. The van der Waals surface area contributed by atoms with E-state index in [1.807, 2.05) is 0 Å². The van der Waals surface area contributed by atoms with Crippen LogP contribution in [0.4, 0.5) is 0 Å². The van der Waals surface area contributed by atoms with Gasteiger partial charge in [-0.15, -0.1) is 0 Å². The number of hydrogen-bond donors (Lipinski definition) is 0. The van der Waals surface area contributed by atoms with E-state index < -0.39 is 11.4 Å². The van der Waals surface area contributed by atoms with Crippen molar-refractivity contribution in [3.63, 3.8) is 0 Å². The summed E-state index contributed by atoms with van der Waals surface area (Å²) in [6, 6.07) is 0. The van der Waals surface area contributed by atoms with Gasteiger partial charge in [-0.1, -0.05) is 0 Å². The van der Waals surface area contributed by atoms with Crippen molar-refractivity contribution < 1.29 is 31.6 Å². The SMILES string of the molecule is COC(=O)CCCOS(=O)OCCCC(=O)OC. The summed E-state index contributed by atoms with van der Waals surface area (Å²) in [6.07, 6.45) is 1.22. The topological polar surface area (TPSA) is 88.1 Å². The van der Waals surface area contributed by atoms with Crippen LogP contribution in [0.25, 0.3) is 0 Å². The Bertz CT molecular complexity index is 253. The lowest BCUT2D eigenvalue weighted by Gasteiger charge is -2.03. The Morgan fingerprint density at radius 2 is 1.28 bits per heavy atom. The quantitative estimate of drug-likeness (QED) is 0.426. The summed E-state index contributed by atoms with van der Waals surface area (Å²) in [5.74, 6) is -0.688. The highest BCUT2D eigenvalue weighted by molar-refractivity contribution is 7.75. The van der Waals surface area contributed by atoms with Crippen LogP contribution in [-0.4, -0.2) is 43.6 Å². The zero-order chi connectivity index (χ0) is 13.8. The second-order valence-electron chi connectivity index (χ2n) is 3.21. The van der Waals surface area contributed by atoms with E-state index in [1.165, 1.54) is 14.2 Å². The van der Waals surface area contributed by atoms with Crippen molar-refractivity contribution in [1.29, 1.82) is 0 Å². The molecule has 0 saturated carbocycles. The Labute approximate surface area is 109 Å². The third kappa shape index (κ3) is 10.2. The lowest BCUT2D eigenvalue weighted by atomic mass is 10.3. The molecule has 106 valence electrons. The molecule has 0 aliphatic rings. The molecule has 0 rings (SSSR count). The second-order valence-corrected chi connectivity index (χ2v) is 4.09. The molecule has 0 aromatic heterocycles. The maximum absolute atomic E-state index is 11.1. The number of ether oxygens (including phenoxy) is 2. The molecule has 0 spiro atoms. The Hall–Kier alpha value is -0.990. The lowest BCUT2D eigenvalue weighted by molar-refractivity contribution is -0.141. The van der Waals surface area contributed by atoms with Crippen LogP contribution in [0.2, 0.25) is 0 Å². The normalized spacial score (nSPS) is 10.4. The van der Waals surface area contributed by atoms with Crippen molar-refractivity contribution in [1.82, 2.24) is 0 Å². The summed E-state index contributed by atoms with van der Waals surface area (Å²) in [5, 5.41) is 0. The Morgan fingerprint density at radius 3 is 1.61 bits per heavy atom. The number of methoxy groups -OCH3 is 2. The van der Waals surface area contributed by atoms with Crippen LogP contribution in [0.3, 0.4) is 0 Å². The van der Waals surface area contributed by atoms with Gasteiger partial charge in [0.05, 0.1) is 27.4 Å². The molecule has 0 aromatic carbocycles. The maximum atomic E-state index is 11.1. The number of hydrogen-bond acceptors (Lipinski definition) is 7. The molecule has 8 heteroatoms. The molecule has 0 heterocycles. The van der Waals surface area contributed by atoms with Gasteiger partial charge in [-0.2, -0.15) is 4.21 Å². The van der Waals surface area contributed by atoms with Crippen LogP contribution in [0.1, 0.15) is 25.7 Å². The monoisotopic (exact) mass is 282 g/mol. The van der Waals surface area contributed by atoms with Gasteiger partial charge in [0.15, 0.2) is 0 Å². The summed E-state index contributed by atoms with van der Waals surface area (Å²) in [6.45, 7) is 0.275. The van der Waals surface area contributed by atoms with Gasteiger partial charge < -0.3 is 9.47 Å². The van der Waals surface area contributed by atoms with Crippen LogP contribution < -0.4 is 0 Å². The van der Waals surface area contributed by atoms with E-state index in [0.717, 1.165) is 0 Å². The van der Waals surface area contributed by atoms with Gasteiger partial charge in [-0.3, -0.25) is 18.0 Å². The fraction of sp³-hybridized carbons (Fsp3) is 0.800. The number of carbonyl (C=O) groups is 2. The van der Waals surface area contributed by atoms with Crippen LogP contribution >= 0.6 is 0 Å². The summed E-state index contributed by atoms with van der Waals surface area (Å²) in [5.41, 5.74) is 0. The van der Waals surface area contributed by atoms with E-state index in [2.05, 4.69) is 9.47 Å². The van der Waals surface area contributed by atoms with Crippen LogP contribution in [0, 0.1) is 0 Å². The van der Waals surface area contributed by atoms with Crippen molar-refractivity contribution in [2.45, 2.75) is 25.7 Å². The van der Waals surface area contributed by atoms with Gasteiger partial charge in [0.2, 0.25) is 0 Å². The number of esters is 2. The predicted octanol–water partition coefficient (Wildman–Crippen LogP) is 0.505. The highest BCUT2D eigenvalue weighted by atomic mass is 32.2. The molecule has 7 nitrogen and oxygen atoms in total. The lowest BCUT2D eigenvalue weighted by Crippen LogP contribution is -2.08. The van der Waals surface area contributed by atoms with Gasteiger partial charge in [0.1, 0.15) is 0 Å². The van der Waals surface area contributed by atoms with Crippen molar-refractivity contribution in [3.05, 3.63) is 0 Å². The smallest absolute Gasteiger partial charge is 0.305 e. The van der Waals surface area contributed by atoms with Crippen molar-refractivity contribution >= 4 is 23.3 Å². The highest BCUT2D eigenvalue weighted by Gasteiger charge is 2.05. The summed E-state index contributed by atoms with van der Waals surface area (Å²) in [7, 11) is 2.59. The fourth-order valence-electron chi connectivity index (χ4n) is 0.925. The molecule has 0 unspecified atom stereocenters. The second kappa shape index (κ2) is 11.1. The average molecular weight is 282 g/mol. The molecule has 0 amide bonds. The molecule has 0 aliphatic carbocycles. The number of carbonyl (C=O) groups excluding carboxylic acids is 2. The highest BCUT2D eigenvalue weighted by Crippen LogP contribution is 1.99. The molecule has 0 atom stereocenters. The molecule has 0 saturated heterocycles. The fourth-order valence-corrected chi connectivity index (χ4v) is 1.50. The Morgan fingerprint density at radius 1 is 0.889 bits per heavy atom. The minimum atomic E-state index is -1.86. The zero-order valence-electron chi connectivity index (χ0n) is 10.5. The summed E-state index contributed by atoms with van der Waals surface area (Å²) in [4.78, 5) is 21.5. The Kier molecular flexibility index (Phi) is 10.5. The Balaban J connectivity index is 3.38. The number of rotatable bonds is 10. The average Bonchev–Trinajstić information content (AvgIpc) is 2.38. The molecule has 0 fully saturated rings. The third-order valence-corrected chi connectivity index (χ3v) is 2.58. The minimum Gasteiger partial charge on any atom is -0.469 e. The first-order valence-corrected chi connectivity index (χ1v) is 6.42. The van der Waals surface area contributed by atoms with E-state index in [9.17, 15) is 13.8 Å². The van der Waals surface area contributed by atoms with E-state index >= 15 is 0 Å². The zero-order valence-corrected chi connectivity index (χ0v) is 11.3. The summed E-state index contributed by atoms with van der Waals surface area (Å²) >= 11 is -1.86. The van der Waals surface area contributed by atoms with E-state index in [1.54, 1.807) is 0 Å². The van der Waals surface area contributed by atoms with Crippen molar-refractivity contribution in [3.8, 4) is 0 Å². The first kappa shape index (κ1) is 17.0. The molecule has 0 N–H and O–H groups in total. The largest absolute Gasteiger partial charge is 0.469 e. The first-order chi connectivity index (χ1) is 8.60. The van der Waals surface area contributed by atoms with Crippen molar-refractivity contribution in [2.75, 3.05) is 27.4 Å². The standard InChI is InChI=1S/C10H18O7S/c1-14-9(11)5-3-7-16-18(13)17-8-4-6-10(12)15-2/h3-8H2,1-2H3. The maximum Gasteiger partial charge on any atom is 0.305 e. The van der Waals surface area contributed by atoms with Gasteiger partial charge >= 0.3 is 23.3 Å². The van der Waals surface area contributed by atoms with Crippen molar-refractivity contribution in [2.24, 2.45) is 0 Å². The molecule has 0 aromatic rings. The van der Waals surface area contributed by atoms with E-state index in [4.69, 9.17) is 8.37 Å². The van der Waals surface area contributed by atoms with E-state index in [0.29, 0.717) is 12.8 Å². The van der Waals surface area contributed by atoms with Crippen LogP contribution in [0.15, 0.2) is 0 Å². The van der Waals surface area contributed by atoms with Gasteiger partial charge in [-0.05, 0) is 12.8 Å². The minimum absolute atomic E-state index is 0.138. The van der Waals surface area contributed by atoms with Crippen LogP contribution in [0.5, 0.6) is 0 Å². The third-order valence-electron chi connectivity index (χ3n) is 1.86. The van der Waals surface area contributed by atoms with E-state index in [-0.39, 0.29) is 38.0 Å². The van der Waals surface area contributed by atoms with Crippen LogP contribution in [-0.2, 0) is 38.8 Å². The van der Waals surface area contributed by atoms with Gasteiger partial charge in [0.25, 0.3) is 0 Å². The first-order valence-electron chi connectivity index (χ1n) is 5.42. The van der Waals surface area contributed by atoms with Gasteiger partial charge in [0, 0.05) is 12.8 Å². The molecule has 0 radical (unpaired) electrons. The molecule has 0 aliphatic heterocycles. The summed E-state index contributed by atoms with van der Waals surface area (Å²) < 4.78 is 29.5. The van der Waals surface area contributed by atoms with Gasteiger partial charge in [-0.25, -0.2) is 0 Å². The predicted molar refractivity (Wildman–Crippen MR) is 62.5 cm³/mol. The molecular formula is C10H18O7S. The molecule has 0 bridgehead atoms.